The van der Waals surface area contributed by atoms with Crippen molar-refractivity contribution in [2.24, 2.45) is 0 Å². The molecular formula is C19H20O5. The Labute approximate surface area is 141 Å². The van der Waals surface area contributed by atoms with Gasteiger partial charge in [-0.2, -0.15) is 0 Å². The van der Waals surface area contributed by atoms with Crippen molar-refractivity contribution in [1.82, 2.24) is 0 Å². The summed E-state index contributed by atoms with van der Waals surface area (Å²) in [5, 5.41) is 9.62. The van der Waals surface area contributed by atoms with Crippen LogP contribution in [0, 0.1) is 0 Å². The van der Waals surface area contributed by atoms with Gasteiger partial charge in [-0.3, -0.25) is 0 Å². The number of methoxy groups -OCH3 is 2. The summed E-state index contributed by atoms with van der Waals surface area (Å²) < 4.78 is 16.0. The molecule has 0 bridgehead atoms. The molecule has 5 heteroatoms. The van der Waals surface area contributed by atoms with Gasteiger partial charge in [-0.1, -0.05) is 24.3 Å². The van der Waals surface area contributed by atoms with Gasteiger partial charge in [0.15, 0.2) is 11.5 Å². The van der Waals surface area contributed by atoms with Gasteiger partial charge in [0.2, 0.25) is 0 Å². The first-order chi connectivity index (χ1) is 11.6. The van der Waals surface area contributed by atoms with Crippen molar-refractivity contribution < 1.29 is 24.1 Å². The Bertz CT molecular complexity index is 749. The molecule has 0 saturated heterocycles. The second-order valence-electron chi connectivity index (χ2n) is 4.90. The van der Waals surface area contributed by atoms with E-state index in [1.54, 1.807) is 24.3 Å². The maximum atomic E-state index is 11.7. The summed E-state index contributed by atoms with van der Waals surface area (Å²) >= 11 is 0. The smallest absolute Gasteiger partial charge is 0.336 e. The predicted octanol–water partition coefficient (Wildman–Crippen LogP) is 3.73. The van der Waals surface area contributed by atoms with E-state index in [-0.39, 0.29) is 5.57 Å². The maximum absolute atomic E-state index is 11.7. The quantitative estimate of drug-likeness (QED) is 0.620. The molecule has 2 rings (SSSR count). The lowest BCUT2D eigenvalue weighted by molar-refractivity contribution is -0.130. The Hall–Kier alpha value is -2.95. The number of hydrogen-bond acceptors (Lipinski definition) is 4. The first-order valence-corrected chi connectivity index (χ1v) is 7.50. The van der Waals surface area contributed by atoms with Crippen LogP contribution in [0.15, 0.2) is 42.5 Å². The highest BCUT2D eigenvalue weighted by atomic mass is 16.5. The van der Waals surface area contributed by atoms with Crippen molar-refractivity contribution in [3.05, 3.63) is 53.6 Å². The number of carbonyl (C=O) groups is 1. The lowest BCUT2D eigenvalue weighted by Gasteiger charge is -2.11. The molecule has 0 amide bonds. The van der Waals surface area contributed by atoms with Gasteiger partial charge in [-0.05, 0) is 36.8 Å². The van der Waals surface area contributed by atoms with Crippen LogP contribution in [0.4, 0.5) is 0 Å². The molecule has 126 valence electrons. The largest absolute Gasteiger partial charge is 0.493 e. The fourth-order valence-corrected chi connectivity index (χ4v) is 2.31. The molecule has 2 aromatic rings. The van der Waals surface area contributed by atoms with Crippen molar-refractivity contribution in [3.8, 4) is 17.2 Å². The van der Waals surface area contributed by atoms with Crippen molar-refractivity contribution in [2.45, 2.75) is 6.92 Å². The number of ether oxygens (including phenoxy) is 3. The number of carboxylic acid groups (broad SMARTS) is 1. The molecular weight excluding hydrogens is 308 g/mol. The number of carboxylic acids is 1. The molecule has 0 aromatic heterocycles. The average molecular weight is 328 g/mol. The SMILES string of the molecule is CCOc1ccccc1/C=C(\C(=O)O)c1ccc(OC)c(OC)c1. The van der Waals surface area contributed by atoms with E-state index >= 15 is 0 Å². The van der Waals surface area contributed by atoms with Crippen LogP contribution >= 0.6 is 0 Å². The zero-order valence-corrected chi connectivity index (χ0v) is 13.9. The summed E-state index contributed by atoms with van der Waals surface area (Å²) in [6.45, 7) is 2.39. The van der Waals surface area contributed by atoms with E-state index in [1.165, 1.54) is 14.2 Å². The molecule has 0 unspecified atom stereocenters. The summed E-state index contributed by atoms with van der Waals surface area (Å²) in [5.74, 6) is 0.619. The molecule has 0 aliphatic rings. The molecule has 0 saturated carbocycles. The molecule has 0 heterocycles. The molecule has 0 atom stereocenters. The van der Waals surface area contributed by atoms with Crippen molar-refractivity contribution >= 4 is 17.6 Å². The molecule has 5 nitrogen and oxygen atoms in total. The Morgan fingerprint density at radius 3 is 2.38 bits per heavy atom. The summed E-state index contributed by atoms with van der Waals surface area (Å²) in [6.07, 6.45) is 1.59. The monoisotopic (exact) mass is 328 g/mol. The third kappa shape index (κ3) is 3.87. The first kappa shape index (κ1) is 17.4. The molecule has 0 fully saturated rings. The highest BCUT2D eigenvalue weighted by molar-refractivity contribution is 6.21. The fraction of sp³-hybridized carbons (Fsp3) is 0.211. The second kappa shape index (κ2) is 8.06. The molecule has 0 aliphatic heterocycles. The number of aliphatic carboxylic acids is 1. The van der Waals surface area contributed by atoms with Gasteiger partial charge in [0, 0.05) is 5.56 Å². The highest BCUT2D eigenvalue weighted by Gasteiger charge is 2.15. The Morgan fingerprint density at radius 2 is 1.75 bits per heavy atom. The Morgan fingerprint density at radius 1 is 1.04 bits per heavy atom. The normalized spacial score (nSPS) is 11.0. The third-order valence-corrected chi connectivity index (χ3v) is 3.44. The topological polar surface area (TPSA) is 65.0 Å². The van der Waals surface area contributed by atoms with Crippen LogP contribution in [0.5, 0.6) is 17.2 Å². The van der Waals surface area contributed by atoms with Crippen LogP contribution in [0.2, 0.25) is 0 Å². The van der Waals surface area contributed by atoms with Crippen LogP contribution in [0.3, 0.4) is 0 Å². The molecule has 1 N–H and O–H groups in total. The summed E-state index contributed by atoms with van der Waals surface area (Å²) in [6, 6.07) is 12.3. The lowest BCUT2D eigenvalue weighted by atomic mass is 10.0. The van der Waals surface area contributed by atoms with Crippen LogP contribution in [0.1, 0.15) is 18.1 Å². The molecule has 0 aliphatic carbocycles. The molecule has 24 heavy (non-hydrogen) atoms. The van der Waals surface area contributed by atoms with Crippen LogP contribution in [-0.4, -0.2) is 31.9 Å². The van der Waals surface area contributed by atoms with E-state index in [4.69, 9.17) is 14.2 Å². The van der Waals surface area contributed by atoms with Crippen LogP contribution < -0.4 is 14.2 Å². The van der Waals surface area contributed by atoms with Crippen molar-refractivity contribution in [3.63, 3.8) is 0 Å². The van der Waals surface area contributed by atoms with Gasteiger partial charge in [0.1, 0.15) is 5.75 Å². The van der Waals surface area contributed by atoms with E-state index in [0.717, 1.165) is 0 Å². The number of para-hydroxylation sites is 1. The van der Waals surface area contributed by atoms with Gasteiger partial charge in [-0.25, -0.2) is 4.79 Å². The molecule has 0 radical (unpaired) electrons. The minimum atomic E-state index is -1.03. The van der Waals surface area contributed by atoms with E-state index < -0.39 is 5.97 Å². The Kier molecular flexibility index (Phi) is 5.84. The van der Waals surface area contributed by atoms with E-state index in [2.05, 4.69) is 0 Å². The van der Waals surface area contributed by atoms with Gasteiger partial charge < -0.3 is 19.3 Å². The van der Waals surface area contributed by atoms with Crippen molar-refractivity contribution in [2.75, 3.05) is 20.8 Å². The number of hydrogen-bond donors (Lipinski definition) is 1. The summed E-state index contributed by atoms with van der Waals surface area (Å²) in [7, 11) is 3.04. The van der Waals surface area contributed by atoms with Crippen LogP contribution in [-0.2, 0) is 4.79 Å². The standard InChI is InChI=1S/C19H20O5/c1-4-24-16-8-6-5-7-14(16)11-15(19(20)21)13-9-10-17(22-2)18(12-13)23-3/h5-12H,4H2,1-3H3,(H,20,21)/b15-11-. The molecule has 0 spiro atoms. The first-order valence-electron chi connectivity index (χ1n) is 7.50. The van der Waals surface area contributed by atoms with Gasteiger partial charge >= 0.3 is 5.97 Å². The summed E-state index contributed by atoms with van der Waals surface area (Å²) in [5.41, 5.74) is 1.36. The third-order valence-electron chi connectivity index (χ3n) is 3.44. The zero-order chi connectivity index (χ0) is 17.5. The molecule has 2 aromatic carbocycles. The average Bonchev–Trinajstić information content (AvgIpc) is 2.60. The fourth-order valence-electron chi connectivity index (χ4n) is 2.31. The number of benzene rings is 2. The van der Waals surface area contributed by atoms with Gasteiger partial charge in [0.25, 0.3) is 0 Å². The van der Waals surface area contributed by atoms with Gasteiger partial charge in [-0.15, -0.1) is 0 Å². The predicted molar refractivity (Wildman–Crippen MR) is 92.7 cm³/mol. The Balaban J connectivity index is 2.53. The number of rotatable bonds is 7. The second-order valence-corrected chi connectivity index (χ2v) is 4.90. The van der Waals surface area contributed by atoms with E-state index in [1.807, 2.05) is 31.2 Å². The van der Waals surface area contributed by atoms with Crippen LogP contribution in [0.25, 0.3) is 11.6 Å². The highest BCUT2D eigenvalue weighted by Crippen LogP contribution is 2.32. The maximum Gasteiger partial charge on any atom is 0.336 e. The lowest BCUT2D eigenvalue weighted by Crippen LogP contribution is -2.01. The van der Waals surface area contributed by atoms with E-state index in [9.17, 15) is 9.90 Å². The van der Waals surface area contributed by atoms with Crippen molar-refractivity contribution in [1.29, 1.82) is 0 Å². The summed E-state index contributed by atoms with van der Waals surface area (Å²) in [4.78, 5) is 11.7. The van der Waals surface area contributed by atoms with Gasteiger partial charge in [0.05, 0.1) is 26.4 Å². The minimum absolute atomic E-state index is 0.142. The van der Waals surface area contributed by atoms with E-state index in [0.29, 0.717) is 35.0 Å². The zero-order valence-electron chi connectivity index (χ0n) is 13.9. The minimum Gasteiger partial charge on any atom is -0.493 e.